The highest BCUT2D eigenvalue weighted by molar-refractivity contribution is 7.22. The van der Waals surface area contributed by atoms with Crippen LogP contribution in [0.1, 0.15) is 0 Å². The Morgan fingerprint density at radius 3 is 0.897 bits per heavy atom. The molecular formula is C66H38S2. The molecule has 13 aromatic carbocycles. The summed E-state index contributed by atoms with van der Waals surface area (Å²) in [6, 6.07) is 86.6. The fourth-order valence-electron chi connectivity index (χ4n) is 11.4. The summed E-state index contributed by atoms with van der Waals surface area (Å²) in [6.07, 6.45) is 0. The Balaban J connectivity index is 0.799. The Bertz CT molecular complexity index is 4150. The minimum absolute atomic E-state index is 1.21. The van der Waals surface area contributed by atoms with E-state index in [2.05, 4.69) is 231 Å². The lowest BCUT2D eigenvalue weighted by Crippen LogP contribution is -1.90. The average molecular weight is 895 g/mol. The first-order valence-corrected chi connectivity index (χ1v) is 25.0. The summed E-state index contributed by atoms with van der Waals surface area (Å²) in [5.74, 6) is 0. The van der Waals surface area contributed by atoms with Crippen LogP contribution in [0, 0.1) is 0 Å². The van der Waals surface area contributed by atoms with Crippen LogP contribution in [-0.2, 0) is 0 Å². The van der Waals surface area contributed by atoms with Gasteiger partial charge in [0.15, 0.2) is 0 Å². The number of hydrogen-bond acceptors (Lipinski definition) is 2. The minimum atomic E-state index is 1.21. The molecule has 0 N–H and O–H groups in total. The zero-order valence-electron chi connectivity index (χ0n) is 36.8. The lowest BCUT2D eigenvalue weighted by molar-refractivity contribution is 1.58. The van der Waals surface area contributed by atoms with Gasteiger partial charge in [0, 0.05) is 19.2 Å². The van der Waals surface area contributed by atoms with Gasteiger partial charge in [-0.25, -0.2) is 0 Å². The van der Waals surface area contributed by atoms with Crippen LogP contribution in [0.2, 0.25) is 0 Å². The largest absolute Gasteiger partial charge is 0.135 e. The zero-order valence-corrected chi connectivity index (χ0v) is 38.4. The van der Waals surface area contributed by atoms with Gasteiger partial charge in [-0.1, -0.05) is 188 Å². The van der Waals surface area contributed by atoms with Crippen molar-refractivity contribution in [3.8, 4) is 65.4 Å². The molecule has 0 amide bonds. The molecule has 0 bridgehead atoms. The molecule has 0 atom stereocenters. The second kappa shape index (κ2) is 14.7. The maximum absolute atomic E-state index is 2.38. The third-order valence-corrected chi connectivity index (χ3v) is 16.9. The Morgan fingerprint density at radius 2 is 0.515 bits per heavy atom. The maximum atomic E-state index is 2.38. The van der Waals surface area contributed by atoms with Crippen LogP contribution >= 0.6 is 22.7 Å². The van der Waals surface area contributed by atoms with Gasteiger partial charge in [0.1, 0.15) is 0 Å². The summed E-state index contributed by atoms with van der Waals surface area (Å²) in [6.45, 7) is 0. The highest BCUT2D eigenvalue weighted by Crippen LogP contribution is 2.47. The van der Waals surface area contributed by atoms with Gasteiger partial charge in [-0.3, -0.25) is 0 Å². The summed E-state index contributed by atoms with van der Waals surface area (Å²) in [5.41, 5.74) is 12.4. The van der Waals surface area contributed by atoms with Crippen molar-refractivity contribution in [1.82, 2.24) is 0 Å². The first-order chi connectivity index (χ1) is 33.7. The standard InChI is InChI=1S/C66H38S2/c1-3-16-59-49(8-1)37-61(67-59)53-28-20-41-22-30-55-51(26-18-39-24-32-57(53)65(41)63(39)55)47-14-6-12-45(35-47)43-10-5-11-44(34-43)46-13-7-15-48(36-46)52-27-19-40-25-33-58-54(62-38-50-9-2-4-17-60(50)68-62)29-21-42-23-31-56(52)64(40)66(42)58/h1-38H. The highest BCUT2D eigenvalue weighted by atomic mass is 32.1. The Kier molecular flexibility index (Phi) is 8.21. The van der Waals surface area contributed by atoms with Crippen LogP contribution in [0.15, 0.2) is 231 Å². The van der Waals surface area contributed by atoms with Crippen molar-refractivity contribution in [3.05, 3.63) is 231 Å². The highest BCUT2D eigenvalue weighted by Gasteiger charge is 2.19. The molecule has 0 radical (unpaired) electrons. The van der Waals surface area contributed by atoms with Crippen LogP contribution < -0.4 is 0 Å². The van der Waals surface area contributed by atoms with Crippen molar-refractivity contribution in [2.75, 3.05) is 0 Å². The van der Waals surface area contributed by atoms with Crippen molar-refractivity contribution in [2.24, 2.45) is 0 Å². The summed E-state index contributed by atoms with van der Waals surface area (Å²) in [7, 11) is 0. The molecule has 15 rings (SSSR count). The molecular weight excluding hydrogens is 857 g/mol. The smallest absolute Gasteiger partial charge is 0.0361 e. The minimum Gasteiger partial charge on any atom is -0.135 e. The van der Waals surface area contributed by atoms with Crippen molar-refractivity contribution in [3.63, 3.8) is 0 Å². The van der Waals surface area contributed by atoms with E-state index < -0.39 is 0 Å². The normalized spacial score (nSPS) is 12.1. The van der Waals surface area contributed by atoms with Crippen molar-refractivity contribution in [1.29, 1.82) is 0 Å². The van der Waals surface area contributed by atoms with Crippen molar-refractivity contribution < 1.29 is 0 Å². The van der Waals surface area contributed by atoms with Gasteiger partial charge >= 0.3 is 0 Å². The molecule has 0 saturated heterocycles. The van der Waals surface area contributed by atoms with Crippen LogP contribution in [-0.4, -0.2) is 0 Å². The molecule has 15 aromatic rings. The monoisotopic (exact) mass is 894 g/mol. The van der Waals surface area contributed by atoms with Crippen molar-refractivity contribution >= 4 is 107 Å². The molecule has 68 heavy (non-hydrogen) atoms. The number of hydrogen-bond donors (Lipinski definition) is 0. The lowest BCUT2D eigenvalue weighted by Gasteiger charge is -2.17. The fraction of sp³-hybridized carbons (Fsp3) is 0. The van der Waals surface area contributed by atoms with Gasteiger partial charge in [-0.05, 0) is 174 Å². The molecule has 2 heteroatoms. The van der Waals surface area contributed by atoms with Crippen LogP contribution in [0.25, 0.3) is 150 Å². The fourth-order valence-corrected chi connectivity index (χ4v) is 13.6. The quantitative estimate of drug-likeness (QED) is 0.146. The SMILES string of the molecule is c1cc(-c2cccc(-c3ccc4ccc5c(-c6cc7ccccc7s6)ccc6ccc3c4c65)c2)cc(-c2cccc(-c3ccc4ccc5c(-c6cc7ccccc7s6)ccc6ccc3c4c65)c2)c1. The number of fused-ring (bicyclic) bond motifs is 2. The van der Waals surface area contributed by atoms with E-state index in [1.165, 1.54) is 150 Å². The molecule has 0 unspecified atom stereocenters. The van der Waals surface area contributed by atoms with Gasteiger partial charge in [-0.2, -0.15) is 0 Å². The third kappa shape index (κ3) is 5.78. The summed E-state index contributed by atoms with van der Waals surface area (Å²) in [4.78, 5) is 2.63. The molecule has 2 heterocycles. The van der Waals surface area contributed by atoms with Crippen molar-refractivity contribution in [2.45, 2.75) is 0 Å². The van der Waals surface area contributed by atoms with Gasteiger partial charge in [-0.15, -0.1) is 22.7 Å². The lowest BCUT2D eigenvalue weighted by atomic mass is 9.87. The van der Waals surface area contributed by atoms with E-state index in [-0.39, 0.29) is 0 Å². The molecule has 0 nitrogen and oxygen atoms in total. The third-order valence-electron chi connectivity index (χ3n) is 14.6. The number of benzene rings is 13. The average Bonchev–Trinajstić information content (AvgIpc) is 4.04. The van der Waals surface area contributed by atoms with Gasteiger partial charge < -0.3 is 0 Å². The van der Waals surface area contributed by atoms with E-state index in [0.29, 0.717) is 0 Å². The number of rotatable bonds is 6. The first-order valence-electron chi connectivity index (χ1n) is 23.4. The second-order valence-electron chi connectivity index (χ2n) is 18.3. The topological polar surface area (TPSA) is 0 Å². The molecule has 2 aromatic heterocycles. The molecule has 0 aliphatic carbocycles. The van der Waals surface area contributed by atoms with Crippen LogP contribution in [0.4, 0.5) is 0 Å². The predicted molar refractivity (Wildman–Crippen MR) is 297 cm³/mol. The second-order valence-corrected chi connectivity index (χ2v) is 20.5. The summed E-state index contributed by atoms with van der Waals surface area (Å²) in [5, 5.41) is 18.3. The van der Waals surface area contributed by atoms with E-state index >= 15 is 0 Å². The number of thiophene rings is 2. The van der Waals surface area contributed by atoms with Gasteiger partial charge in [0.2, 0.25) is 0 Å². The van der Waals surface area contributed by atoms with Crippen LogP contribution in [0.3, 0.4) is 0 Å². The molecule has 0 saturated carbocycles. The predicted octanol–water partition coefficient (Wildman–Crippen LogP) is 19.9. The van der Waals surface area contributed by atoms with E-state index in [9.17, 15) is 0 Å². The Hall–Kier alpha value is -8.14. The molecule has 0 fully saturated rings. The van der Waals surface area contributed by atoms with Gasteiger partial charge in [0.25, 0.3) is 0 Å². The molecule has 0 aliphatic heterocycles. The van der Waals surface area contributed by atoms with E-state index in [1.807, 2.05) is 22.7 Å². The molecule has 0 spiro atoms. The summed E-state index contributed by atoms with van der Waals surface area (Å²) >= 11 is 3.76. The maximum Gasteiger partial charge on any atom is 0.0361 e. The Morgan fingerprint density at radius 1 is 0.206 bits per heavy atom. The van der Waals surface area contributed by atoms with E-state index in [4.69, 9.17) is 0 Å². The van der Waals surface area contributed by atoms with Crippen LogP contribution in [0.5, 0.6) is 0 Å². The van der Waals surface area contributed by atoms with Gasteiger partial charge in [0.05, 0.1) is 0 Å². The van der Waals surface area contributed by atoms with E-state index in [1.54, 1.807) is 0 Å². The zero-order chi connectivity index (χ0) is 44.5. The summed E-state index contributed by atoms with van der Waals surface area (Å²) < 4.78 is 2.65. The first kappa shape index (κ1) is 38.0. The Labute approximate surface area is 400 Å². The molecule has 0 aliphatic rings. The van der Waals surface area contributed by atoms with E-state index in [0.717, 1.165) is 0 Å². The molecule has 314 valence electrons.